The number of para-hydroxylation sites is 1. The Kier molecular flexibility index (Phi) is 5.26. The average molecular weight is 351 g/mol. The Morgan fingerprint density at radius 1 is 1.20 bits per heavy atom. The Bertz CT molecular complexity index is 897. The van der Waals surface area contributed by atoms with Crippen LogP contribution >= 0.6 is 11.3 Å². The summed E-state index contributed by atoms with van der Waals surface area (Å²) in [4.78, 5) is 16.6. The minimum absolute atomic E-state index is 0.0227. The fourth-order valence-corrected chi connectivity index (χ4v) is 3.08. The van der Waals surface area contributed by atoms with Gasteiger partial charge in [0.15, 0.2) is 5.78 Å². The van der Waals surface area contributed by atoms with Crippen molar-refractivity contribution in [1.29, 1.82) is 0 Å². The van der Waals surface area contributed by atoms with Crippen LogP contribution < -0.4 is 4.74 Å². The number of carbonyl (C=O) groups excluding carboxylic acids is 1. The van der Waals surface area contributed by atoms with E-state index in [0.29, 0.717) is 12.3 Å². The van der Waals surface area contributed by atoms with Crippen molar-refractivity contribution in [3.63, 3.8) is 0 Å². The van der Waals surface area contributed by atoms with E-state index in [4.69, 9.17) is 4.74 Å². The van der Waals surface area contributed by atoms with Crippen LogP contribution in [0.3, 0.4) is 0 Å². The lowest BCUT2D eigenvalue weighted by Crippen LogP contribution is -1.94. The first-order chi connectivity index (χ1) is 12.2. The monoisotopic (exact) mass is 351 g/mol. The minimum Gasteiger partial charge on any atom is -0.507 e. The van der Waals surface area contributed by atoms with E-state index in [1.807, 2.05) is 36.6 Å². The lowest BCUT2D eigenvalue weighted by atomic mass is 10.1. The number of aromatic nitrogens is 1. The third-order valence-electron chi connectivity index (χ3n) is 3.51. The van der Waals surface area contributed by atoms with E-state index in [9.17, 15) is 9.90 Å². The highest BCUT2D eigenvalue weighted by atomic mass is 32.1. The van der Waals surface area contributed by atoms with Gasteiger partial charge in [-0.3, -0.25) is 4.79 Å². The SMILES string of the molecule is CCOc1ccc(-c2nc(/C=C/C(=O)c3ccccc3O)cs2)cc1. The molecule has 1 N–H and O–H groups in total. The molecule has 2 aromatic carbocycles. The number of hydrogen-bond donors (Lipinski definition) is 1. The first-order valence-electron chi connectivity index (χ1n) is 7.86. The van der Waals surface area contributed by atoms with Crippen LogP contribution in [0.5, 0.6) is 11.5 Å². The fraction of sp³-hybridized carbons (Fsp3) is 0.100. The van der Waals surface area contributed by atoms with Crippen molar-refractivity contribution in [2.24, 2.45) is 0 Å². The molecule has 5 heteroatoms. The van der Waals surface area contributed by atoms with Crippen molar-refractivity contribution < 1.29 is 14.6 Å². The molecule has 0 saturated carbocycles. The van der Waals surface area contributed by atoms with Gasteiger partial charge >= 0.3 is 0 Å². The number of phenolic OH excluding ortho intramolecular Hbond substituents is 1. The van der Waals surface area contributed by atoms with Gasteiger partial charge in [-0.05, 0) is 55.5 Å². The largest absolute Gasteiger partial charge is 0.507 e. The number of rotatable bonds is 6. The summed E-state index contributed by atoms with van der Waals surface area (Å²) >= 11 is 1.51. The van der Waals surface area contributed by atoms with E-state index in [1.165, 1.54) is 23.5 Å². The molecule has 3 aromatic rings. The normalized spacial score (nSPS) is 10.9. The van der Waals surface area contributed by atoms with Gasteiger partial charge in [0.1, 0.15) is 16.5 Å². The number of ether oxygens (including phenoxy) is 1. The first kappa shape index (κ1) is 16.9. The molecule has 0 spiro atoms. The number of phenols is 1. The molecule has 0 radical (unpaired) electrons. The molecule has 0 saturated heterocycles. The molecule has 4 nitrogen and oxygen atoms in total. The molecule has 25 heavy (non-hydrogen) atoms. The van der Waals surface area contributed by atoms with E-state index < -0.39 is 0 Å². The fourth-order valence-electron chi connectivity index (χ4n) is 2.29. The summed E-state index contributed by atoms with van der Waals surface area (Å²) in [5.74, 6) is 0.551. The molecule has 1 aromatic heterocycles. The maximum Gasteiger partial charge on any atom is 0.189 e. The average Bonchev–Trinajstić information content (AvgIpc) is 3.10. The third-order valence-corrected chi connectivity index (χ3v) is 4.42. The molecule has 0 unspecified atom stereocenters. The molecular formula is C20H17NO3S. The predicted octanol–water partition coefficient (Wildman–Crippen LogP) is 4.81. The Morgan fingerprint density at radius 2 is 1.96 bits per heavy atom. The summed E-state index contributed by atoms with van der Waals surface area (Å²) in [5.41, 5.74) is 1.98. The van der Waals surface area contributed by atoms with Crippen LogP contribution in [0.2, 0.25) is 0 Å². The van der Waals surface area contributed by atoms with Crippen LogP contribution in [0.15, 0.2) is 60.0 Å². The third kappa shape index (κ3) is 4.14. The van der Waals surface area contributed by atoms with Crippen molar-refractivity contribution >= 4 is 23.2 Å². The summed E-state index contributed by atoms with van der Waals surface area (Å²) in [5, 5.41) is 12.5. The van der Waals surface area contributed by atoms with Gasteiger partial charge in [-0.2, -0.15) is 0 Å². The second kappa shape index (κ2) is 7.77. The van der Waals surface area contributed by atoms with Gasteiger partial charge in [0.25, 0.3) is 0 Å². The van der Waals surface area contributed by atoms with Gasteiger partial charge in [0.05, 0.1) is 17.9 Å². The number of nitrogens with zero attached hydrogens (tertiary/aromatic N) is 1. The standard InChI is InChI=1S/C20H17NO3S/c1-2-24-16-10-7-14(8-11-16)20-21-15(13-25-20)9-12-19(23)17-5-3-4-6-18(17)22/h3-13,22H,2H2,1H3/b12-9+. The van der Waals surface area contributed by atoms with Crippen molar-refractivity contribution in [1.82, 2.24) is 4.98 Å². The number of carbonyl (C=O) groups is 1. The van der Waals surface area contributed by atoms with Gasteiger partial charge in [-0.1, -0.05) is 12.1 Å². The van der Waals surface area contributed by atoms with Gasteiger partial charge < -0.3 is 9.84 Å². The predicted molar refractivity (Wildman–Crippen MR) is 100 cm³/mol. The van der Waals surface area contributed by atoms with Crippen LogP contribution in [0.25, 0.3) is 16.6 Å². The molecule has 0 atom stereocenters. The molecule has 0 bridgehead atoms. The van der Waals surface area contributed by atoms with Crippen LogP contribution in [-0.4, -0.2) is 22.5 Å². The summed E-state index contributed by atoms with van der Waals surface area (Å²) in [6.07, 6.45) is 3.08. The lowest BCUT2D eigenvalue weighted by Gasteiger charge is -2.02. The number of aromatic hydroxyl groups is 1. The van der Waals surface area contributed by atoms with Crippen molar-refractivity contribution in [3.05, 3.63) is 71.2 Å². The van der Waals surface area contributed by atoms with Crippen molar-refractivity contribution in [2.75, 3.05) is 6.61 Å². The second-order valence-electron chi connectivity index (χ2n) is 5.25. The molecule has 0 aliphatic rings. The molecular weight excluding hydrogens is 334 g/mol. The number of hydrogen-bond acceptors (Lipinski definition) is 5. The number of allylic oxidation sites excluding steroid dienone is 1. The van der Waals surface area contributed by atoms with Crippen LogP contribution in [0.4, 0.5) is 0 Å². The molecule has 0 aliphatic heterocycles. The first-order valence-corrected chi connectivity index (χ1v) is 8.74. The van der Waals surface area contributed by atoms with Crippen molar-refractivity contribution in [2.45, 2.75) is 6.92 Å². The highest BCUT2D eigenvalue weighted by molar-refractivity contribution is 7.13. The van der Waals surface area contributed by atoms with E-state index in [2.05, 4.69) is 4.98 Å². The molecule has 0 amide bonds. The zero-order chi connectivity index (χ0) is 17.6. The second-order valence-corrected chi connectivity index (χ2v) is 6.11. The quantitative estimate of drug-likeness (QED) is 0.511. The van der Waals surface area contributed by atoms with E-state index >= 15 is 0 Å². The molecule has 1 heterocycles. The van der Waals surface area contributed by atoms with Gasteiger partial charge in [0.2, 0.25) is 0 Å². The van der Waals surface area contributed by atoms with Gasteiger partial charge in [-0.15, -0.1) is 11.3 Å². The Balaban J connectivity index is 1.73. The topological polar surface area (TPSA) is 59.4 Å². The Morgan fingerprint density at radius 3 is 2.68 bits per heavy atom. The highest BCUT2D eigenvalue weighted by Crippen LogP contribution is 2.26. The Hall–Kier alpha value is -2.92. The number of thiazole rings is 1. The molecule has 0 aliphatic carbocycles. The zero-order valence-corrected chi connectivity index (χ0v) is 14.5. The Labute approximate surface area is 150 Å². The van der Waals surface area contributed by atoms with Gasteiger partial charge in [0, 0.05) is 10.9 Å². The zero-order valence-electron chi connectivity index (χ0n) is 13.7. The summed E-state index contributed by atoms with van der Waals surface area (Å²) in [7, 11) is 0. The van der Waals surface area contributed by atoms with E-state index in [0.717, 1.165) is 16.3 Å². The van der Waals surface area contributed by atoms with Gasteiger partial charge in [-0.25, -0.2) is 4.98 Å². The van der Waals surface area contributed by atoms with Crippen LogP contribution in [0.1, 0.15) is 23.0 Å². The smallest absolute Gasteiger partial charge is 0.189 e. The van der Waals surface area contributed by atoms with E-state index in [1.54, 1.807) is 24.3 Å². The lowest BCUT2D eigenvalue weighted by molar-refractivity contribution is 0.104. The maximum atomic E-state index is 12.1. The molecule has 0 fully saturated rings. The summed E-state index contributed by atoms with van der Waals surface area (Å²) in [6, 6.07) is 14.2. The number of ketones is 1. The molecule has 3 rings (SSSR count). The van der Waals surface area contributed by atoms with Crippen LogP contribution in [0, 0.1) is 0 Å². The summed E-state index contributed by atoms with van der Waals surface area (Å²) < 4.78 is 5.43. The maximum absolute atomic E-state index is 12.1. The van der Waals surface area contributed by atoms with Crippen LogP contribution in [-0.2, 0) is 0 Å². The highest BCUT2D eigenvalue weighted by Gasteiger charge is 2.08. The minimum atomic E-state index is -0.256. The summed E-state index contributed by atoms with van der Waals surface area (Å²) in [6.45, 7) is 2.58. The van der Waals surface area contributed by atoms with E-state index in [-0.39, 0.29) is 17.1 Å². The molecule has 126 valence electrons. The van der Waals surface area contributed by atoms with Crippen molar-refractivity contribution in [3.8, 4) is 22.1 Å². The number of benzene rings is 2.